The Labute approximate surface area is 117 Å². The van der Waals surface area contributed by atoms with Gasteiger partial charge in [-0.15, -0.1) is 0 Å². The van der Waals surface area contributed by atoms with Crippen LogP contribution in [0.3, 0.4) is 0 Å². The quantitative estimate of drug-likeness (QED) is 0.882. The van der Waals surface area contributed by atoms with E-state index < -0.39 is 0 Å². The number of methoxy groups -OCH3 is 1. The fraction of sp³-hybridized carbons (Fsp3) is 0.200. The first kappa shape index (κ1) is 13.8. The average molecular weight is 280 g/mol. The first-order chi connectivity index (χ1) is 9.20. The molecule has 1 unspecified atom stereocenters. The SMILES string of the molecule is COCC(Nc1cc(Cl)ccc1F)c1ccccc1. The third-order valence-corrected chi connectivity index (χ3v) is 3.03. The van der Waals surface area contributed by atoms with Crippen LogP contribution >= 0.6 is 11.6 Å². The normalized spacial score (nSPS) is 12.2. The summed E-state index contributed by atoms with van der Waals surface area (Å²) < 4.78 is 18.9. The van der Waals surface area contributed by atoms with Gasteiger partial charge in [0.05, 0.1) is 18.3 Å². The molecule has 2 rings (SSSR count). The second-order valence-electron chi connectivity index (χ2n) is 4.19. The lowest BCUT2D eigenvalue weighted by atomic mass is 10.1. The minimum Gasteiger partial charge on any atom is -0.382 e. The summed E-state index contributed by atoms with van der Waals surface area (Å²) >= 11 is 5.89. The Morgan fingerprint density at radius 1 is 1.21 bits per heavy atom. The van der Waals surface area contributed by atoms with Crippen molar-refractivity contribution in [2.24, 2.45) is 0 Å². The molecule has 0 heterocycles. The zero-order chi connectivity index (χ0) is 13.7. The number of hydrogen-bond acceptors (Lipinski definition) is 2. The van der Waals surface area contributed by atoms with Gasteiger partial charge in [-0.2, -0.15) is 0 Å². The van der Waals surface area contributed by atoms with Crippen LogP contribution in [0, 0.1) is 5.82 Å². The van der Waals surface area contributed by atoms with Gasteiger partial charge in [0.15, 0.2) is 0 Å². The molecule has 19 heavy (non-hydrogen) atoms. The molecule has 0 aliphatic rings. The first-order valence-electron chi connectivity index (χ1n) is 5.96. The fourth-order valence-electron chi connectivity index (χ4n) is 1.87. The van der Waals surface area contributed by atoms with Crippen molar-refractivity contribution in [3.05, 3.63) is 64.9 Å². The molecule has 0 aromatic heterocycles. The zero-order valence-corrected chi connectivity index (χ0v) is 11.3. The van der Waals surface area contributed by atoms with Gasteiger partial charge in [0.1, 0.15) is 5.82 Å². The van der Waals surface area contributed by atoms with Gasteiger partial charge in [-0.1, -0.05) is 41.9 Å². The summed E-state index contributed by atoms with van der Waals surface area (Å²) in [5, 5.41) is 3.61. The third kappa shape index (κ3) is 3.69. The molecule has 0 spiro atoms. The van der Waals surface area contributed by atoms with Crippen LogP contribution < -0.4 is 5.32 Å². The molecule has 100 valence electrons. The number of benzene rings is 2. The summed E-state index contributed by atoms with van der Waals surface area (Å²) in [7, 11) is 1.62. The lowest BCUT2D eigenvalue weighted by Gasteiger charge is -2.20. The Morgan fingerprint density at radius 2 is 1.95 bits per heavy atom. The van der Waals surface area contributed by atoms with Crippen molar-refractivity contribution in [3.63, 3.8) is 0 Å². The molecule has 0 fully saturated rings. The van der Waals surface area contributed by atoms with E-state index in [1.807, 2.05) is 30.3 Å². The minimum atomic E-state index is -0.332. The highest BCUT2D eigenvalue weighted by molar-refractivity contribution is 6.30. The molecular formula is C15H15ClFNO. The molecule has 0 bridgehead atoms. The lowest BCUT2D eigenvalue weighted by molar-refractivity contribution is 0.186. The molecule has 0 aliphatic carbocycles. The molecule has 1 N–H and O–H groups in total. The van der Waals surface area contributed by atoms with Gasteiger partial charge in [0.2, 0.25) is 0 Å². The van der Waals surface area contributed by atoms with Crippen molar-refractivity contribution >= 4 is 17.3 Å². The second kappa shape index (κ2) is 6.55. The van der Waals surface area contributed by atoms with Crippen molar-refractivity contribution in [1.29, 1.82) is 0 Å². The van der Waals surface area contributed by atoms with Crippen LogP contribution in [-0.4, -0.2) is 13.7 Å². The van der Waals surface area contributed by atoms with E-state index in [2.05, 4.69) is 5.32 Å². The van der Waals surface area contributed by atoms with Crippen molar-refractivity contribution in [1.82, 2.24) is 0 Å². The van der Waals surface area contributed by atoms with Crippen LogP contribution in [-0.2, 0) is 4.74 Å². The van der Waals surface area contributed by atoms with Gasteiger partial charge in [-0.3, -0.25) is 0 Å². The summed E-state index contributed by atoms with van der Waals surface area (Å²) in [5.74, 6) is -0.332. The van der Waals surface area contributed by atoms with Crippen molar-refractivity contribution in [3.8, 4) is 0 Å². The van der Waals surface area contributed by atoms with Gasteiger partial charge < -0.3 is 10.1 Å². The van der Waals surface area contributed by atoms with Crippen LogP contribution in [0.2, 0.25) is 5.02 Å². The van der Waals surface area contributed by atoms with Gasteiger partial charge in [-0.25, -0.2) is 4.39 Å². The highest BCUT2D eigenvalue weighted by Crippen LogP contribution is 2.25. The average Bonchev–Trinajstić information content (AvgIpc) is 2.43. The molecule has 2 aromatic carbocycles. The Bertz CT molecular complexity index is 533. The van der Waals surface area contributed by atoms with Gasteiger partial charge >= 0.3 is 0 Å². The number of rotatable bonds is 5. The van der Waals surface area contributed by atoms with E-state index in [0.29, 0.717) is 17.3 Å². The topological polar surface area (TPSA) is 21.3 Å². The Morgan fingerprint density at radius 3 is 2.63 bits per heavy atom. The maximum Gasteiger partial charge on any atom is 0.146 e. The minimum absolute atomic E-state index is 0.126. The maximum atomic E-state index is 13.7. The van der Waals surface area contributed by atoms with E-state index in [1.165, 1.54) is 12.1 Å². The Kier molecular flexibility index (Phi) is 4.77. The first-order valence-corrected chi connectivity index (χ1v) is 6.34. The number of nitrogens with one attached hydrogen (secondary N) is 1. The zero-order valence-electron chi connectivity index (χ0n) is 10.6. The van der Waals surface area contributed by atoms with E-state index in [9.17, 15) is 4.39 Å². The maximum absolute atomic E-state index is 13.7. The van der Waals surface area contributed by atoms with Crippen molar-refractivity contribution in [2.45, 2.75) is 6.04 Å². The Balaban J connectivity index is 2.24. The lowest BCUT2D eigenvalue weighted by Crippen LogP contribution is -2.17. The van der Waals surface area contributed by atoms with Gasteiger partial charge in [0, 0.05) is 12.1 Å². The predicted octanol–water partition coefficient (Wildman–Crippen LogP) is 4.28. The summed E-state index contributed by atoms with van der Waals surface area (Å²) in [6.45, 7) is 0.440. The Hall–Kier alpha value is -1.58. The predicted molar refractivity (Wildman–Crippen MR) is 76.1 cm³/mol. The van der Waals surface area contributed by atoms with E-state index in [-0.39, 0.29) is 11.9 Å². The molecule has 0 saturated carbocycles. The summed E-state index contributed by atoms with van der Waals surface area (Å²) in [6, 6.07) is 14.1. The molecule has 2 nitrogen and oxygen atoms in total. The smallest absolute Gasteiger partial charge is 0.146 e. The summed E-state index contributed by atoms with van der Waals surface area (Å²) in [4.78, 5) is 0. The van der Waals surface area contributed by atoms with Crippen LogP contribution in [0.5, 0.6) is 0 Å². The molecule has 0 saturated heterocycles. The van der Waals surface area contributed by atoms with Crippen LogP contribution in [0.15, 0.2) is 48.5 Å². The van der Waals surface area contributed by atoms with E-state index in [4.69, 9.17) is 16.3 Å². The molecule has 0 amide bonds. The third-order valence-electron chi connectivity index (χ3n) is 2.79. The van der Waals surface area contributed by atoms with Gasteiger partial charge in [0.25, 0.3) is 0 Å². The van der Waals surface area contributed by atoms with Crippen LogP contribution in [0.1, 0.15) is 11.6 Å². The molecule has 2 aromatic rings. The summed E-state index contributed by atoms with van der Waals surface area (Å²) in [5.41, 5.74) is 1.40. The van der Waals surface area contributed by atoms with E-state index in [0.717, 1.165) is 5.56 Å². The number of ether oxygens (including phenoxy) is 1. The van der Waals surface area contributed by atoms with Crippen LogP contribution in [0.4, 0.5) is 10.1 Å². The molecule has 1 atom stereocenters. The van der Waals surface area contributed by atoms with E-state index in [1.54, 1.807) is 13.2 Å². The molecule has 4 heteroatoms. The highest BCUT2D eigenvalue weighted by Gasteiger charge is 2.13. The largest absolute Gasteiger partial charge is 0.382 e. The molecule has 0 radical (unpaired) electrons. The molecular weight excluding hydrogens is 265 g/mol. The van der Waals surface area contributed by atoms with Crippen molar-refractivity contribution < 1.29 is 9.13 Å². The molecule has 0 aliphatic heterocycles. The fourth-order valence-corrected chi connectivity index (χ4v) is 2.04. The second-order valence-corrected chi connectivity index (χ2v) is 4.62. The standard InChI is InChI=1S/C15H15ClFNO/c1-19-10-15(11-5-3-2-4-6-11)18-14-9-12(16)7-8-13(14)17/h2-9,15,18H,10H2,1H3. The monoisotopic (exact) mass is 279 g/mol. The van der Waals surface area contributed by atoms with E-state index >= 15 is 0 Å². The summed E-state index contributed by atoms with van der Waals surface area (Å²) in [6.07, 6.45) is 0. The highest BCUT2D eigenvalue weighted by atomic mass is 35.5. The number of halogens is 2. The number of hydrogen-bond donors (Lipinski definition) is 1. The van der Waals surface area contributed by atoms with Crippen LogP contribution in [0.25, 0.3) is 0 Å². The number of anilines is 1. The van der Waals surface area contributed by atoms with Gasteiger partial charge in [-0.05, 0) is 23.8 Å². The van der Waals surface area contributed by atoms with Crippen molar-refractivity contribution in [2.75, 3.05) is 19.0 Å².